The van der Waals surface area contributed by atoms with Crippen molar-refractivity contribution in [1.82, 2.24) is 4.98 Å². The predicted octanol–water partition coefficient (Wildman–Crippen LogP) is 5.50. The van der Waals surface area contributed by atoms with Crippen LogP contribution < -0.4 is 10.5 Å². The van der Waals surface area contributed by atoms with Crippen LogP contribution in [0.2, 0.25) is 10.0 Å². The molecule has 0 aliphatic carbocycles. The Labute approximate surface area is 194 Å². The van der Waals surface area contributed by atoms with Crippen molar-refractivity contribution in [2.45, 2.75) is 4.90 Å². The molecule has 4 aromatic rings. The summed E-state index contributed by atoms with van der Waals surface area (Å²) in [5.41, 5.74) is 7.59. The van der Waals surface area contributed by atoms with E-state index in [-0.39, 0.29) is 21.2 Å². The lowest BCUT2D eigenvalue weighted by atomic mass is 9.96. The van der Waals surface area contributed by atoms with Crippen LogP contribution in [0.1, 0.15) is 10.4 Å². The van der Waals surface area contributed by atoms with E-state index in [0.717, 1.165) is 6.26 Å². The Morgan fingerprint density at radius 3 is 2.47 bits per heavy atom. The van der Waals surface area contributed by atoms with Gasteiger partial charge in [-0.25, -0.2) is 8.42 Å². The number of rotatable bonds is 5. The Morgan fingerprint density at radius 2 is 1.75 bits per heavy atom. The molecular weight excluding hydrogens is 471 g/mol. The van der Waals surface area contributed by atoms with Crippen molar-refractivity contribution in [3.63, 3.8) is 0 Å². The average molecular weight is 487 g/mol. The first-order valence-corrected chi connectivity index (χ1v) is 11.9. The fourth-order valence-electron chi connectivity index (χ4n) is 3.35. The molecule has 0 unspecified atom stereocenters. The fraction of sp³-hybridized carbons (Fsp3) is 0.0435. The number of pyridine rings is 1. The summed E-state index contributed by atoms with van der Waals surface area (Å²) in [6.07, 6.45) is 2.49. The topological polar surface area (TPSA) is 99.4 Å². The molecule has 3 aromatic carbocycles. The Balaban J connectivity index is 1.84. The van der Waals surface area contributed by atoms with Gasteiger partial charge in [0.1, 0.15) is 11.5 Å². The Morgan fingerprint density at radius 1 is 1.00 bits per heavy atom. The number of primary amides is 1. The van der Waals surface area contributed by atoms with Gasteiger partial charge in [0.25, 0.3) is 5.91 Å². The van der Waals surface area contributed by atoms with Crippen LogP contribution in [-0.2, 0) is 9.84 Å². The maximum Gasteiger partial charge on any atom is 0.250 e. The second-order valence-electron chi connectivity index (χ2n) is 7.07. The summed E-state index contributed by atoms with van der Waals surface area (Å²) >= 11 is 12.4. The molecule has 162 valence electrons. The summed E-state index contributed by atoms with van der Waals surface area (Å²) in [6.45, 7) is 0. The van der Waals surface area contributed by atoms with E-state index in [9.17, 15) is 13.2 Å². The number of sulfone groups is 1. The summed E-state index contributed by atoms with van der Waals surface area (Å²) < 4.78 is 29.7. The molecule has 9 heteroatoms. The molecule has 1 amide bonds. The van der Waals surface area contributed by atoms with Crippen LogP contribution >= 0.6 is 23.2 Å². The van der Waals surface area contributed by atoms with Crippen LogP contribution in [0.25, 0.3) is 22.0 Å². The lowest BCUT2D eigenvalue weighted by Gasteiger charge is -2.13. The lowest BCUT2D eigenvalue weighted by Crippen LogP contribution is -2.13. The Bertz CT molecular complexity index is 1490. The molecule has 6 nitrogen and oxygen atoms in total. The molecule has 0 aliphatic rings. The maximum atomic E-state index is 12.1. The zero-order valence-corrected chi connectivity index (χ0v) is 19.0. The third-order valence-corrected chi connectivity index (χ3v) is 6.36. The van der Waals surface area contributed by atoms with Crippen LogP contribution in [0.4, 0.5) is 0 Å². The highest BCUT2D eigenvalue weighted by Gasteiger charge is 2.17. The van der Waals surface area contributed by atoms with E-state index in [1.54, 1.807) is 42.5 Å². The second-order valence-corrected chi connectivity index (χ2v) is 9.93. The number of hydrogen-bond donors (Lipinski definition) is 1. The number of para-hydroxylation sites is 1. The number of nitrogens with zero attached hydrogens (tertiary/aromatic N) is 1. The fourth-order valence-corrected chi connectivity index (χ4v) is 4.53. The monoisotopic (exact) mass is 486 g/mol. The molecule has 0 saturated carbocycles. The summed E-state index contributed by atoms with van der Waals surface area (Å²) in [7, 11) is -3.47. The molecule has 2 N–H and O–H groups in total. The van der Waals surface area contributed by atoms with Gasteiger partial charge in [-0.3, -0.25) is 9.78 Å². The van der Waals surface area contributed by atoms with Crippen molar-refractivity contribution >= 4 is 49.8 Å². The van der Waals surface area contributed by atoms with Crippen LogP contribution in [-0.4, -0.2) is 25.6 Å². The van der Waals surface area contributed by atoms with Crippen LogP contribution in [0.15, 0.2) is 71.8 Å². The highest BCUT2D eigenvalue weighted by molar-refractivity contribution is 7.90. The van der Waals surface area contributed by atoms with Crippen LogP contribution in [0.3, 0.4) is 0 Å². The quantitative estimate of drug-likeness (QED) is 0.401. The van der Waals surface area contributed by atoms with Gasteiger partial charge in [0, 0.05) is 28.4 Å². The van der Waals surface area contributed by atoms with Crippen LogP contribution in [0.5, 0.6) is 11.5 Å². The molecule has 0 atom stereocenters. The molecule has 4 rings (SSSR count). The summed E-state index contributed by atoms with van der Waals surface area (Å²) in [6, 6.07) is 16.5. The number of benzene rings is 3. The van der Waals surface area contributed by atoms with Gasteiger partial charge in [-0.05, 0) is 42.0 Å². The van der Waals surface area contributed by atoms with Gasteiger partial charge < -0.3 is 10.5 Å². The number of amides is 1. The van der Waals surface area contributed by atoms with Gasteiger partial charge in [-0.15, -0.1) is 0 Å². The molecule has 0 bridgehead atoms. The molecule has 0 aliphatic heterocycles. The summed E-state index contributed by atoms with van der Waals surface area (Å²) in [5, 5.41) is 1.33. The van der Waals surface area contributed by atoms with E-state index < -0.39 is 15.7 Å². The van der Waals surface area contributed by atoms with Gasteiger partial charge in [0.15, 0.2) is 9.84 Å². The minimum absolute atomic E-state index is 0.0435. The number of aromatic nitrogens is 1. The molecule has 0 radical (unpaired) electrons. The van der Waals surface area contributed by atoms with Gasteiger partial charge in [0.05, 0.1) is 21.0 Å². The van der Waals surface area contributed by atoms with Crippen molar-refractivity contribution in [3.05, 3.63) is 82.5 Å². The molecular formula is C23H16Cl2N2O4S. The van der Waals surface area contributed by atoms with Gasteiger partial charge in [-0.1, -0.05) is 47.5 Å². The third-order valence-electron chi connectivity index (χ3n) is 4.75. The largest absolute Gasteiger partial charge is 0.457 e. The lowest BCUT2D eigenvalue weighted by molar-refractivity contribution is 0.100. The first-order valence-electron chi connectivity index (χ1n) is 9.29. The van der Waals surface area contributed by atoms with Crippen molar-refractivity contribution in [1.29, 1.82) is 0 Å². The molecule has 32 heavy (non-hydrogen) atoms. The minimum atomic E-state index is -3.47. The predicted molar refractivity (Wildman–Crippen MR) is 125 cm³/mol. The van der Waals surface area contributed by atoms with Crippen molar-refractivity contribution < 1.29 is 17.9 Å². The first kappa shape index (κ1) is 22.1. The Hall–Kier alpha value is -3.13. The minimum Gasteiger partial charge on any atom is -0.457 e. The third kappa shape index (κ3) is 4.41. The smallest absolute Gasteiger partial charge is 0.250 e. The Kier molecular flexibility index (Phi) is 5.81. The molecule has 1 aromatic heterocycles. The summed E-state index contributed by atoms with van der Waals surface area (Å²) in [5.74, 6) is 0.0350. The van der Waals surface area contributed by atoms with Crippen molar-refractivity contribution in [3.8, 4) is 22.6 Å². The molecule has 1 heterocycles. The van der Waals surface area contributed by atoms with E-state index in [2.05, 4.69) is 4.98 Å². The van der Waals surface area contributed by atoms with Crippen LogP contribution in [0, 0.1) is 0 Å². The molecule has 0 fully saturated rings. The standard InChI is InChI=1S/C23H16Cl2N2O4S/c1-32(29,30)17-10-14(24)9-16(11-17)31-15-5-2-4-13(8-15)21-18-6-3-7-20(25)22(18)27-12-19(21)23(26)28/h2-12H,1H3,(H2,26,28). The average Bonchev–Trinajstić information content (AvgIpc) is 2.72. The number of nitrogens with two attached hydrogens (primary N) is 1. The molecule has 0 saturated heterocycles. The number of hydrogen-bond acceptors (Lipinski definition) is 5. The highest BCUT2D eigenvalue weighted by Crippen LogP contribution is 2.36. The van der Waals surface area contributed by atoms with Crippen molar-refractivity contribution in [2.24, 2.45) is 5.73 Å². The number of halogens is 2. The van der Waals surface area contributed by atoms with E-state index in [4.69, 9.17) is 33.7 Å². The number of ether oxygens (including phenoxy) is 1. The number of fused-ring (bicyclic) bond motifs is 1. The first-order chi connectivity index (χ1) is 15.1. The van der Waals surface area contributed by atoms with E-state index in [0.29, 0.717) is 32.8 Å². The van der Waals surface area contributed by atoms with E-state index >= 15 is 0 Å². The van der Waals surface area contributed by atoms with E-state index in [1.807, 2.05) is 0 Å². The van der Waals surface area contributed by atoms with Gasteiger partial charge in [0.2, 0.25) is 0 Å². The van der Waals surface area contributed by atoms with Gasteiger partial charge in [-0.2, -0.15) is 0 Å². The maximum absolute atomic E-state index is 12.1. The summed E-state index contributed by atoms with van der Waals surface area (Å²) in [4.78, 5) is 16.4. The zero-order valence-electron chi connectivity index (χ0n) is 16.7. The zero-order chi connectivity index (χ0) is 23.0. The number of carbonyl (C=O) groups excluding carboxylic acids is 1. The van der Waals surface area contributed by atoms with E-state index in [1.165, 1.54) is 24.4 Å². The normalized spacial score (nSPS) is 11.5. The van der Waals surface area contributed by atoms with Crippen molar-refractivity contribution in [2.75, 3.05) is 6.26 Å². The van der Waals surface area contributed by atoms with Gasteiger partial charge >= 0.3 is 0 Å². The SMILES string of the molecule is CS(=O)(=O)c1cc(Cl)cc(Oc2cccc(-c3c(C(N)=O)cnc4c(Cl)cccc34)c2)c1. The highest BCUT2D eigenvalue weighted by atomic mass is 35.5. The molecule has 0 spiro atoms. The second kappa shape index (κ2) is 8.43. The number of carbonyl (C=O) groups is 1.